The van der Waals surface area contributed by atoms with E-state index < -0.39 is 0 Å². The van der Waals surface area contributed by atoms with E-state index in [2.05, 4.69) is 25.4 Å². The quantitative estimate of drug-likeness (QED) is 0.763. The zero-order valence-electron chi connectivity index (χ0n) is 15.4. The molecule has 0 radical (unpaired) electrons. The van der Waals surface area contributed by atoms with Gasteiger partial charge < -0.3 is 14.6 Å². The van der Waals surface area contributed by atoms with Crippen LogP contribution < -0.4 is 10.1 Å². The lowest BCUT2D eigenvalue weighted by atomic mass is 10.1. The fourth-order valence-corrected chi connectivity index (χ4v) is 3.19. The zero-order chi connectivity index (χ0) is 18.4. The van der Waals surface area contributed by atoms with Gasteiger partial charge in [0.05, 0.1) is 18.8 Å². The normalized spacial score (nSPS) is 20.3. The average molecular weight is 369 g/mol. The fourth-order valence-electron chi connectivity index (χ4n) is 3.19. The first-order valence-corrected chi connectivity index (χ1v) is 9.78. The molecule has 3 aliphatic carbocycles. The first-order valence-electron chi connectivity index (χ1n) is 9.78. The Labute approximate surface area is 157 Å². The second-order valence-corrected chi connectivity index (χ2v) is 7.93. The molecular weight excluding hydrogens is 346 g/mol. The summed E-state index contributed by atoms with van der Waals surface area (Å²) in [4.78, 5) is 26.1. The van der Waals surface area contributed by atoms with E-state index in [1.165, 1.54) is 12.8 Å². The SMILES string of the molecule is Cc1nc(C(NC(=O)c2cnc(C3CC3)c(OCC3CC3)n2)C2CC2)no1. The van der Waals surface area contributed by atoms with E-state index in [0.29, 0.717) is 42.0 Å². The van der Waals surface area contributed by atoms with Gasteiger partial charge in [0.1, 0.15) is 11.4 Å². The molecule has 142 valence electrons. The van der Waals surface area contributed by atoms with Crippen LogP contribution in [0.25, 0.3) is 0 Å². The van der Waals surface area contributed by atoms with Crippen LogP contribution in [-0.2, 0) is 0 Å². The van der Waals surface area contributed by atoms with Crippen molar-refractivity contribution in [2.75, 3.05) is 6.61 Å². The van der Waals surface area contributed by atoms with Crippen molar-refractivity contribution in [3.8, 4) is 5.88 Å². The van der Waals surface area contributed by atoms with E-state index >= 15 is 0 Å². The summed E-state index contributed by atoms with van der Waals surface area (Å²) in [7, 11) is 0. The third-order valence-corrected chi connectivity index (χ3v) is 5.32. The molecule has 0 saturated heterocycles. The van der Waals surface area contributed by atoms with Crippen LogP contribution in [0.3, 0.4) is 0 Å². The van der Waals surface area contributed by atoms with E-state index in [-0.39, 0.29) is 17.6 Å². The molecule has 3 saturated carbocycles. The summed E-state index contributed by atoms with van der Waals surface area (Å²) in [6.07, 6.45) is 8.28. The van der Waals surface area contributed by atoms with Crippen molar-refractivity contribution in [2.45, 2.75) is 57.4 Å². The number of aromatic nitrogens is 4. The van der Waals surface area contributed by atoms with Gasteiger partial charge in [-0.15, -0.1) is 0 Å². The Kier molecular flexibility index (Phi) is 4.06. The minimum Gasteiger partial charge on any atom is -0.476 e. The molecule has 0 bridgehead atoms. The van der Waals surface area contributed by atoms with E-state index in [4.69, 9.17) is 9.26 Å². The van der Waals surface area contributed by atoms with Crippen molar-refractivity contribution in [3.63, 3.8) is 0 Å². The number of hydrogen-bond donors (Lipinski definition) is 1. The summed E-state index contributed by atoms with van der Waals surface area (Å²) < 4.78 is 11.0. The van der Waals surface area contributed by atoms with Crippen LogP contribution in [0, 0.1) is 18.8 Å². The van der Waals surface area contributed by atoms with E-state index in [0.717, 1.165) is 31.4 Å². The van der Waals surface area contributed by atoms with Crippen molar-refractivity contribution in [1.29, 1.82) is 0 Å². The van der Waals surface area contributed by atoms with E-state index in [1.807, 2.05) is 0 Å². The predicted octanol–water partition coefficient (Wildman–Crippen LogP) is 2.72. The topological polar surface area (TPSA) is 103 Å². The van der Waals surface area contributed by atoms with Gasteiger partial charge in [-0.2, -0.15) is 4.98 Å². The van der Waals surface area contributed by atoms with E-state index in [1.54, 1.807) is 13.1 Å². The molecule has 3 aliphatic rings. The second-order valence-electron chi connectivity index (χ2n) is 7.93. The van der Waals surface area contributed by atoms with Gasteiger partial charge in [0, 0.05) is 12.8 Å². The van der Waals surface area contributed by atoms with Gasteiger partial charge in [-0.1, -0.05) is 5.16 Å². The summed E-state index contributed by atoms with van der Waals surface area (Å²) in [6.45, 7) is 2.40. The lowest BCUT2D eigenvalue weighted by Crippen LogP contribution is -2.31. The molecule has 5 rings (SSSR count). The minimum absolute atomic E-state index is 0.254. The highest BCUT2D eigenvalue weighted by Gasteiger charge is 2.37. The average Bonchev–Trinajstić information content (AvgIpc) is 3.54. The van der Waals surface area contributed by atoms with Gasteiger partial charge in [0.25, 0.3) is 5.91 Å². The minimum atomic E-state index is -0.277. The molecule has 1 N–H and O–H groups in total. The Morgan fingerprint density at radius 2 is 2.07 bits per heavy atom. The molecule has 27 heavy (non-hydrogen) atoms. The number of aryl methyl sites for hydroxylation is 1. The molecule has 2 heterocycles. The number of nitrogens with one attached hydrogen (secondary N) is 1. The maximum absolute atomic E-state index is 12.8. The van der Waals surface area contributed by atoms with Crippen molar-refractivity contribution in [2.24, 2.45) is 11.8 Å². The number of carbonyl (C=O) groups is 1. The largest absolute Gasteiger partial charge is 0.476 e. The Balaban J connectivity index is 1.34. The van der Waals surface area contributed by atoms with E-state index in [9.17, 15) is 4.79 Å². The second kappa shape index (κ2) is 6.58. The lowest BCUT2D eigenvalue weighted by molar-refractivity contribution is 0.0922. The molecule has 0 aliphatic heterocycles. The third-order valence-electron chi connectivity index (χ3n) is 5.32. The summed E-state index contributed by atoms with van der Waals surface area (Å²) in [5.41, 5.74) is 1.16. The molecule has 8 heteroatoms. The summed E-state index contributed by atoms with van der Waals surface area (Å²) in [5, 5.41) is 6.99. The van der Waals surface area contributed by atoms with Crippen LogP contribution in [0.4, 0.5) is 0 Å². The first kappa shape index (κ1) is 16.6. The molecule has 0 aromatic carbocycles. The third kappa shape index (κ3) is 3.79. The molecular formula is C19H23N5O3. The monoisotopic (exact) mass is 369 g/mol. The van der Waals surface area contributed by atoms with Gasteiger partial charge >= 0.3 is 0 Å². The van der Waals surface area contributed by atoms with Crippen LogP contribution >= 0.6 is 0 Å². The molecule has 8 nitrogen and oxygen atoms in total. The Hall–Kier alpha value is -2.51. The number of hydrogen-bond acceptors (Lipinski definition) is 7. The van der Waals surface area contributed by atoms with Gasteiger partial charge in [0.2, 0.25) is 11.8 Å². The maximum atomic E-state index is 12.8. The van der Waals surface area contributed by atoms with Crippen molar-refractivity contribution in [3.05, 3.63) is 29.3 Å². The summed E-state index contributed by atoms with van der Waals surface area (Å²) in [5.74, 6) is 2.65. The maximum Gasteiger partial charge on any atom is 0.272 e. The zero-order valence-corrected chi connectivity index (χ0v) is 15.4. The molecule has 3 fully saturated rings. The standard InChI is InChI=1S/C19H23N5O3/c1-10-21-17(24-27-10)15(12-4-5-12)23-18(25)14-8-20-16(13-6-7-13)19(22-14)26-9-11-2-3-11/h8,11-13,15H,2-7,9H2,1H3,(H,23,25). The molecule has 2 aromatic heterocycles. The van der Waals surface area contributed by atoms with Gasteiger partial charge in [0.15, 0.2) is 5.82 Å². The summed E-state index contributed by atoms with van der Waals surface area (Å²) >= 11 is 0. The number of rotatable bonds is 8. The molecule has 0 spiro atoms. The van der Waals surface area contributed by atoms with Crippen LogP contribution in [0.1, 0.15) is 78.4 Å². The fraction of sp³-hybridized carbons (Fsp3) is 0.632. The highest BCUT2D eigenvalue weighted by molar-refractivity contribution is 5.92. The van der Waals surface area contributed by atoms with Gasteiger partial charge in [-0.25, -0.2) is 4.98 Å². The smallest absolute Gasteiger partial charge is 0.272 e. The van der Waals surface area contributed by atoms with Crippen molar-refractivity contribution in [1.82, 2.24) is 25.4 Å². The Morgan fingerprint density at radius 1 is 1.26 bits per heavy atom. The number of amides is 1. The Morgan fingerprint density at radius 3 is 2.70 bits per heavy atom. The van der Waals surface area contributed by atoms with Crippen molar-refractivity contribution >= 4 is 5.91 Å². The molecule has 1 unspecified atom stereocenters. The molecule has 2 aromatic rings. The highest BCUT2D eigenvalue weighted by Crippen LogP contribution is 2.43. The summed E-state index contributed by atoms with van der Waals surface area (Å²) in [6, 6.07) is -0.254. The van der Waals surface area contributed by atoms with Gasteiger partial charge in [-0.3, -0.25) is 9.78 Å². The van der Waals surface area contributed by atoms with Gasteiger partial charge in [-0.05, 0) is 50.4 Å². The predicted molar refractivity (Wildman–Crippen MR) is 94.2 cm³/mol. The van der Waals surface area contributed by atoms with Crippen molar-refractivity contribution < 1.29 is 14.1 Å². The molecule has 1 atom stereocenters. The molecule has 1 amide bonds. The Bertz CT molecular complexity index is 855. The first-order chi connectivity index (χ1) is 13.2. The number of nitrogens with zero attached hydrogens (tertiary/aromatic N) is 4. The highest BCUT2D eigenvalue weighted by atomic mass is 16.5. The number of carbonyl (C=O) groups excluding carboxylic acids is 1. The lowest BCUT2D eigenvalue weighted by Gasteiger charge is -2.15. The van der Waals surface area contributed by atoms with Crippen LogP contribution in [-0.4, -0.2) is 32.6 Å². The number of ether oxygens (including phenoxy) is 1. The van der Waals surface area contributed by atoms with Crippen LogP contribution in [0.2, 0.25) is 0 Å². The van der Waals surface area contributed by atoms with Crippen LogP contribution in [0.15, 0.2) is 10.7 Å². The van der Waals surface area contributed by atoms with Crippen LogP contribution in [0.5, 0.6) is 5.88 Å².